The van der Waals surface area contributed by atoms with Crippen LogP contribution in [-0.4, -0.2) is 17.4 Å². The Hall–Kier alpha value is -1.56. The molecule has 0 amide bonds. The maximum atomic E-state index is 13.0. The predicted octanol–water partition coefficient (Wildman–Crippen LogP) is 4.20. The van der Waals surface area contributed by atoms with Gasteiger partial charge in [-0.05, 0) is 43.7 Å². The van der Waals surface area contributed by atoms with Gasteiger partial charge in [-0.2, -0.15) is 0 Å². The van der Waals surface area contributed by atoms with Gasteiger partial charge in [-0.15, -0.1) is 0 Å². The van der Waals surface area contributed by atoms with Crippen LogP contribution >= 0.6 is 23.2 Å². The summed E-state index contributed by atoms with van der Waals surface area (Å²) in [6, 6.07) is 9.98. The number of para-hydroxylation sites is 2. The molecule has 3 rings (SSSR count). The number of aryl methyl sites for hydroxylation is 2. The largest absolute Gasteiger partial charge is 0.271 e. The van der Waals surface area contributed by atoms with Crippen molar-refractivity contribution in [1.29, 1.82) is 0 Å². The number of nitrogens with zero attached hydrogens (tertiary/aromatic N) is 2. The molecule has 22 heavy (non-hydrogen) atoms. The molecule has 1 aromatic heterocycles. The van der Waals surface area contributed by atoms with Crippen LogP contribution in [0.4, 0.5) is 0 Å². The van der Waals surface area contributed by atoms with Crippen molar-refractivity contribution in [2.45, 2.75) is 18.7 Å². The molecule has 0 saturated carbocycles. The van der Waals surface area contributed by atoms with Gasteiger partial charge >= 0.3 is 0 Å². The molecule has 7 heteroatoms. The second kappa shape index (κ2) is 5.26. The van der Waals surface area contributed by atoms with Crippen molar-refractivity contribution < 1.29 is 8.42 Å². The minimum Gasteiger partial charge on any atom is -0.232 e. The van der Waals surface area contributed by atoms with Gasteiger partial charge in [-0.25, -0.2) is 17.4 Å². The van der Waals surface area contributed by atoms with E-state index in [-0.39, 0.29) is 9.92 Å². The van der Waals surface area contributed by atoms with Gasteiger partial charge < -0.3 is 0 Å². The number of hydrogen-bond acceptors (Lipinski definition) is 3. The first-order valence-electron chi connectivity index (χ1n) is 6.47. The third-order valence-corrected chi connectivity index (χ3v) is 6.08. The van der Waals surface area contributed by atoms with E-state index in [0.29, 0.717) is 27.4 Å². The molecule has 2 aromatic carbocycles. The van der Waals surface area contributed by atoms with Crippen LogP contribution in [0.3, 0.4) is 0 Å². The number of aromatic nitrogens is 2. The van der Waals surface area contributed by atoms with E-state index in [0.717, 1.165) is 0 Å². The Labute approximate surface area is 138 Å². The van der Waals surface area contributed by atoms with Gasteiger partial charge in [0.1, 0.15) is 10.7 Å². The van der Waals surface area contributed by atoms with Crippen LogP contribution < -0.4 is 0 Å². The molecule has 0 bridgehead atoms. The van der Waals surface area contributed by atoms with Crippen LogP contribution in [0.15, 0.2) is 41.3 Å². The van der Waals surface area contributed by atoms with E-state index in [4.69, 9.17) is 23.2 Å². The maximum Gasteiger partial charge on any atom is 0.271 e. The quantitative estimate of drug-likeness (QED) is 0.692. The minimum absolute atomic E-state index is 0.0160. The van der Waals surface area contributed by atoms with Crippen molar-refractivity contribution in [3.05, 3.63) is 57.8 Å². The number of halogens is 2. The zero-order chi connectivity index (χ0) is 16.1. The van der Waals surface area contributed by atoms with E-state index >= 15 is 0 Å². The lowest BCUT2D eigenvalue weighted by Crippen LogP contribution is -2.15. The van der Waals surface area contributed by atoms with E-state index in [1.165, 1.54) is 16.1 Å². The summed E-state index contributed by atoms with van der Waals surface area (Å²) < 4.78 is 27.2. The Morgan fingerprint density at radius 3 is 2.45 bits per heavy atom. The van der Waals surface area contributed by atoms with Gasteiger partial charge in [-0.3, -0.25) is 0 Å². The summed E-state index contributed by atoms with van der Waals surface area (Å²) in [6.07, 6.45) is 0. The summed E-state index contributed by atoms with van der Waals surface area (Å²) in [5.41, 5.74) is 1.78. The summed E-state index contributed by atoms with van der Waals surface area (Å²) in [7, 11) is -3.86. The first-order valence-corrected chi connectivity index (χ1v) is 8.67. The molecule has 114 valence electrons. The van der Waals surface area contributed by atoms with E-state index in [1.807, 2.05) is 6.07 Å². The molecule has 0 aliphatic rings. The second-order valence-electron chi connectivity index (χ2n) is 4.95. The van der Waals surface area contributed by atoms with E-state index in [1.54, 1.807) is 32.0 Å². The topological polar surface area (TPSA) is 52.0 Å². The highest BCUT2D eigenvalue weighted by atomic mass is 35.5. The van der Waals surface area contributed by atoms with Crippen molar-refractivity contribution in [3.8, 4) is 0 Å². The van der Waals surface area contributed by atoms with Crippen molar-refractivity contribution in [3.63, 3.8) is 0 Å². The first-order chi connectivity index (χ1) is 10.3. The monoisotopic (exact) mass is 354 g/mol. The third kappa shape index (κ3) is 2.29. The lowest BCUT2D eigenvalue weighted by atomic mass is 10.2. The lowest BCUT2D eigenvalue weighted by molar-refractivity contribution is 0.587. The van der Waals surface area contributed by atoms with Gasteiger partial charge in [0.2, 0.25) is 0 Å². The van der Waals surface area contributed by atoms with Crippen LogP contribution in [0.2, 0.25) is 10.0 Å². The molecule has 1 heterocycles. The summed E-state index contributed by atoms with van der Waals surface area (Å²) in [5, 5.41) is 0.518. The zero-order valence-corrected chi connectivity index (χ0v) is 14.2. The van der Waals surface area contributed by atoms with E-state index in [9.17, 15) is 8.42 Å². The summed E-state index contributed by atoms with van der Waals surface area (Å²) in [6.45, 7) is 3.38. The van der Waals surface area contributed by atoms with Gasteiger partial charge in [0.05, 0.1) is 16.1 Å². The lowest BCUT2D eigenvalue weighted by Gasteiger charge is -2.11. The Balaban J connectivity index is 2.34. The Kier molecular flexibility index (Phi) is 3.67. The Morgan fingerprint density at radius 1 is 1.05 bits per heavy atom. The van der Waals surface area contributed by atoms with E-state index < -0.39 is 10.0 Å². The maximum absolute atomic E-state index is 13.0. The number of fused-ring (bicyclic) bond motifs is 1. The van der Waals surface area contributed by atoms with Crippen molar-refractivity contribution in [1.82, 2.24) is 8.96 Å². The molecule has 0 saturated heterocycles. The standard InChI is InChI=1S/C15H12Cl2N2O2S/c1-9-7-15(12(17)8-11(9)16)22(20,21)19-10(2)18-13-5-3-4-6-14(13)19/h3-8H,1-2H3. The SMILES string of the molecule is Cc1cc(S(=O)(=O)n2c(C)nc3ccccc32)c(Cl)cc1Cl. The number of hydrogen-bond donors (Lipinski definition) is 0. The van der Waals surface area contributed by atoms with Crippen LogP contribution in [0, 0.1) is 13.8 Å². The molecule has 0 N–H and O–H groups in total. The predicted molar refractivity (Wildman–Crippen MR) is 88.3 cm³/mol. The molecule has 0 aliphatic heterocycles. The Bertz CT molecular complexity index is 994. The Morgan fingerprint density at radius 2 is 1.73 bits per heavy atom. The fourth-order valence-corrected chi connectivity index (χ4v) is 4.66. The average molecular weight is 355 g/mol. The number of rotatable bonds is 2. The number of benzene rings is 2. The fourth-order valence-electron chi connectivity index (χ4n) is 2.35. The highest BCUT2D eigenvalue weighted by Crippen LogP contribution is 2.31. The molecule has 0 spiro atoms. The van der Waals surface area contributed by atoms with Crippen LogP contribution in [-0.2, 0) is 10.0 Å². The molecule has 0 unspecified atom stereocenters. The van der Waals surface area contributed by atoms with E-state index in [2.05, 4.69) is 4.98 Å². The van der Waals surface area contributed by atoms with Crippen molar-refractivity contribution >= 4 is 44.3 Å². The van der Waals surface area contributed by atoms with Crippen LogP contribution in [0.1, 0.15) is 11.4 Å². The molecular weight excluding hydrogens is 343 g/mol. The molecule has 0 fully saturated rings. The minimum atomic E-state index is -3.86. The first kappa shape index (κ1) is 15.3. The zero-order valence-electron chi connectivity index (χ0n) is 11.8. The molecule has 0 atom stereocenters. The summed E-state index contributed by atoms with van der Waals surface area (Å²) in [4.78, 5) is 4.31. The normalized spacial score (nSPS) is 12.0. The number of imidazole rings is 1. The fraction of sp³-hybridized carbons (Fsp3) is 0.133. The van der Waals surface area contributed by atoms with Gasteiger partial charge in [0.25, 0.3) is 10.0 Å². The highest BCUT2D eigenvalue weighted by molar-refractivity contribution is 7.90. The second-order valence-corrected chi connectivity index (χ2v) is 7.52. The smallest absolute Gasteiger partial charge is 0.232 e. The molecule has 0 radical (unpaired) electrons. The van der Waals surface area contributed by atoms with Crippen LogP contribution in [0.5, 0.6) is 0 Å². The summed E-state index contributed by atoms with van der Waals surface area (Å²) in [5.74, 6) is 0.380. The van der Waals surface area contributed by atoms with Gasteiger partial charge in [-0.1, -0.05) is 35.3 Å². The van der Waals surface area contributed by atoms with Gasteiger partial charge in [0, 0.05) is 5.02 Å². The van der Waals surface area contributed by atoms with Crippen molar-refractivity contribution in [2.75, 3.05) is 0 Å². The average Bonchev–Trinajstić information content (AvgIpc) is 2.79. The molecule has 3 aromatic rings. The highest BCUT2D eigenvalue weighted by Gasteiger charge is 2.25. The molecule has 0 aliphatic carbocycles. The third-order valence-electron chi connectivity index (χ3n) is 3.41. The van der Waals surface area contributed by atoms with Gasteiger partial charge in [0.15, 0.2) is 0 Å². The molecular formula is C15H12Cl2N2O2S. The summed E-state index contributed by atoms with van der Waals surface area (Å²) >= 11 is 12.1. The molecule has 4 nitrogen and oxygen atoms in total. The van der Waals surface area contributed by atoms with Crippen LogP contribution in [0.25, 0.3) is 11.0 Å². The van der Waals surface area contributed by atoms with Crippen molar-refractivity contribution in [2.24, 2.45) is 0 Å².